The molecule has 0 bridgehead atoms. The molecule has 0 saturated heterocycles. The fraction of sp³-hybridized carbons (Fsp3) is 0.286. The van der Waals surface area contributed by atoms with Crippen LogP contribution in [0.3, 0.4) is 0 Å². The predicted molar refractivity (Wildman–Crippen MR) is 104 cm³/mol. The molecule has 2 atom stereocenters. The second kappa shape index (κ2) is 10.1. The van der Waals surface area contributed by atoms with Crippen LogP contribution >= 0.6 is 0 Å². The maximum atomic E-state index is 13.4. The molecule has 0 heterocycles. The third kappa shape index (κ3) is 7.40. The maximum absolute atomic E-state index is 13.4. The number of benzene rings is 2. The van der Waals surface area contributed by atoms with Gasteiger partial charge in [0.15, 0.2) is 0 Å². The van der Waals surface area contributed by atoms with Gasteiger partial charge in [-0.25, -0.2) is 4.39 Å². The number of nitrogens with two attached hydrogens (primary N) is 1. The average Bonchev–Trinajstić information content (AvgIpc) is 2.66. The van der Waals surface area contributed by atoms with E-state index in [1.165, 1.54) is 37.3 Å². The molecule has 0 spiro atoms. The molecule has 6 nitrogen and oxygen atoms in total. The largest absolute Gasteiger partial charge is 0.416 e. The molecule has 0 fully saturated rings. The number of carbonyl (C=O) groups is 3. The minimum atomic E-state index is -4.57. The number of primary amides is 1. The van der Waals surface area contributed by atoms with Crippen LogP contribution in [0.1, 0.15) is 23.6 Å². The van der Waals surface area contributed by atoms with Gasteiger partial charge in [-0.2, -0.15) is 13.2 Å². The lowest BCUT2D eigenvalue weighted by Crippen LogP contribution is -2.54. The van der Waals surface area contributed by atoms with Crippen molar-refractivity contribution >= 4 is 17.7 Å². The Balaban J connectivity index is 2.18. The standard InChI is InChI=1S/C21H21F4N3O3/c1-12(29)27-18(11-14-5-3-7-16(22)9-14)20(31)28-17(19(26)30)10-13-4-2-6-15(8-13)21(23,24)25/h2-9,17-18H,10-11H2,1H3,(H2,26,30)(H,27,29)(H,28,31)/t17-,18+/m0/s1. The molecule has 0 saturated carbocycles. The summed E-state index contributed by atoms with van der Waals surface area (Å²) in [4.78, 5) is 36.0. The van der Waals surface area contributed by atoms with Crippen LogP contribution in [-0.2, 0) is 33.4 Å². The van der Waals surface area contributed by atoms with Crippen molar-refractivity contribution in [2.24, 2.45) is 5.73 Å². The number of nitrogens with one attached hydrogen (secondary N) is 2. The normalized spacial score (nSPS) is 13.2. The number of hydrogen-bond donors (Lipinski definition) is 3. The molecule has 0 unspecified atom stereocenters. The number of hydrogen-bond acceptors (Lipinski definition) is 3. The van der Waals surface area contributed by atoms with Crippen molar-refractivity contribution in [3.63, 3.8) is 0 Å². The van der Waals surface area contributed by atoms with E-state index in [-0.39, 0.29) is 18.4 Å². The van der Waals surface area contributed by atoms with Gasteiger partial charge in [0.1, 0.15) is 17.9 Å². The van der Waals surface area contributed by atoms with E-state index in [4.69, 9.17) is 5.73 Å². The smallest absolute Gasteiger partial charge is 0.368 e. The van der Waals surface area contributed by atoms with Gasteiger partial charge in [-0.3, -0.25) is 14.4 Å². The van der Waals surface area contributed by atoms with Crippen molar-refractivity contribution in [1.82, 2.24) is 10.6 Å². The van der Waals surface area contributed by atoms with E-state index in [0.717, 1.165) is 12.1 Å². The Hall–Kier alpha value is -3.43. The second-order valence-corrected chi connectivity index (χ2v) is 6.95. The highest BCUT2D eigenvalue weighted by Gasteiger charge is 2.31. The summed E-state index contributed by atoms with van der Waals surface area (Å²) in [5.74, 6) is -2.81. The zero-order chi connectivity index (χ0) is 23.2. The van der Waals surface area contributed by atoms with Crippen LogP contribution in [0.15, 0.2) is 48.5 Å². The van der Waals surface area contributed by atoms with E-state index < -0.39 is 47.4 Å². The van der Waals surface area contributed by atoms with E-state index in [1.54, 1.807) is 6.07 Å². The van der Waals surface area contributed by atoms with Crippen LogP contribution in [0.25, 0.3) is 0 Å². The Morgan fingerprint density at radius 1 is 0.935 bits per heavy atom. The van der Waals surface area contributed by atoms with Gasteiger partial charge in [0, 0.05) is 19.8 Å². The number of carbonyl (C=O) groups excluding carboxylic acids is 3. The SMILES string of the molecule is CC(=O)N[C@H](Cc1cccc(F)c1)C(=O)N[C@@H](Cc1cccc(C(F)(F)F)c1)C(N)=O. The Morgan fingerprint density at radius 3 is 2.06 bits per heavy atom. The molecule has 0 aliphatic carbocycles. The quantitative estimate of drug-likeness (QED) is 0.549. The lowest BCUT2D eigenvalue weighted by Gasteiger charge is -2.22. The highest BCUT2D eigenvalue weighted by molar-refractivity contribution is 5.91. The molecule has 3 amide bonds. The highest BCUT2D eigenvalue weighted by atomic mass is 19.4. The maximum Gasteiger partial charge on any atom is 0.416 e. The van der Waals surface area contributed by atoms with Crippen LogP contribution < -0.4 is 16.4 Å². The highest BCUT2D eigenvalue weighted by Crippen LogP contribution is 2.29. The monoisotopic (exact) mass is 439 g/mol. The van der Waals surface area contributed by atoms with Crippen LogP contribution in [0, 0.1) is 5.82 Å². The molecule has 2 aromatic carbocycles. The molecule has 31 heavy (non-hydrogen) atoms. The van der Waals surface area contributed by atoms with Crippen LogP contribution in [0.2, 0.25) is 0 Å². The minimum absolute atomic E-state index is 0.0712. The summed E-state index contributed by atoms with van der Waals surface area (Å²) in [7, 11) is 0. The molecule has 0 aliphatic heterocycles. The molecule has 2 aromatic rings. The van der Waals surface area contributed by atoms with Crippen molar-refractivity contribution < 1.29 is 31.9 Å². The number of rotatable bonds is 8. The van der Waals surface area contributed by atoms with E-state index in [2.05, 4.69) is 10.6 Å². The lowest BCUT2D eigenvalue weighted by atomic mass is 10.0. The van der Waals surface area contributed by atoms with Crippen molar-refractivity contribution in [2.75, 3.05) is 0 Å². The summed E-state index contributed by atoms with van der Waals surface area (Å²) in [6.45, 7) is 1.18. The Labute approximate surface area is 175 Å². The molecule has 10 heteroatoms. The molecule has 0 aromatic heterocycles. The zero-order valence-electron chi connectivity index (χ0n) is 16.5. The third-order valence-electron chi connectivity index (χ3n) is 4.38. The van der Waals surface area contributed by atoms with E-state index in [9.17, 15) is 31.9 Å². The average molecular weight is 439 g/mol. The van der Waals surface area contributed by atoms with Gasteiger partial charge in [0.25, 0.3) is 0 Å². The zero-order valence-corrected chi connectivity index (χ0v) is 16.5. The molecular formula is C21H21F4N3O3. The Kier molecular flexibility index (Phi) is 7.73. The first-order valence-corrected chi connectivity index (χ1v) is 9.23. The summed E-state index contributed by atoms with van der Waals surface area (Å²) >= 11 is 0. The van der Waals surface area contributed by atoms with Gasteiger partial charge in [0.05, 0.1) is 5.56 Å². The first-order valence-electron chi connectivity index (χ1n) is 9.23. The molecule has 0 aliphatic rings. The summed E-state index contributed by atoms with van der Waals surface area (Å²) in [6, 6.07) is 7.23. The van der Waals surface area contributed by atoms with Gasteiger partial charge < -0.3 is 16.4 Å². The molecule has 4 N–H and O–H groups in total. The predicted octanol–water partition coefficient (Wildman–Crippen LogP) is 2.10. The number of halogens is 4. The van der Waals surface area contributed by atoms with Gasteiger partial charge in [-0.1, -0.05) is 30.3 Å². The van der Waals surface area contributed by atoms with E-state index >= 15 is 0 Å². The first-order chi connectivity index (χ1) is 14.5. The second-order valence-electron chi connectivity index (χ2n) is 6.95. The van der Waals surface area contributed by atoms with Crippen molar-refractivity contribution in [2.45, 2.75) is 38.0 Å². The van der Waals surface area contributed by atoms with E-state index in [0.29, 0.717) is 5.56 Å². The molecule has 2 rings (SSSR count). The fourth-order valence-corrected chi connectivity index (χ4v) is 2.96. The Morgan fingerprint density at radius 2 is 1.52 bits per heavy atom. The summed E-state index contributed by atoms with van der Waals surface area (Å²) in [6.07, 6.45) is -4.92. The van der Waals surface area contributed by atoms with Crippen LogP contribution in [-0.4, -0.2) is 29.8 Å². The van der Waals surface area contributed by atoms with Gasteiger partial charge in [0.2, 0.25) is 17.7 Å². The van der Waals surface area contributed by atoms with Gasteiger partial charge in [-0.15, -0.1) is 0 Å². The van der Waals surface area contributed by atoms with Gasteiger partial charge in [-0.05, 0) is 29.3 Å². The Bertz CT molecular complexity index is 963. The van der Waals surface area contributed by atoms with Gasteiger partial charge >= 0.3 is 6.18 Å². The fourth-order valence-electron chi connectivity index (χ4n) is 2.96. The van der Waals surface area contributed by atoms with Crippen LogP contribution in [0.4, 0.5) is 17.6 Å². The first kappa shape index (κ1) is 23.8. The topological polar surface area (TPSA) is 101 Å². The number of alkyl halides is 3. The summed E-state index contributed by atoms with van der Waals surface area (Å²) < 4.78 is 52.2. The van der Waals surface area contributed by atoms with Crippen molar-refractivity contribution in [1.29, 1.82) is 0 Å². The summed E-state index contributed by atoms with van der Waals surface area (Å²) in [5, 5.41) is 4.77. The van der Waals surface area contributed by atoms with Crippen molar-refractivity contribution in [3.8, 4) is 0 Å². The summed E-state index contributed by atoms with van der Waals surface area (Å²) in [5.41, 5.74) is 4.97. The van der Waals surface area contributed by atoms with Crippen LogP contribution in [0.5, 0.6) is 0 Å². The lowest BCUT2D eigenvalue weighted by molar-refractivity contribution is -0.137. The van der Waals surface area contributed by atoms with Crippen molar-refractivity contribution in [3.05, 3.63) is 71.0 Å². The molecular weight excluding hydrogens is 418 g/mol. The molecule has 166 valence electrons. The minimum Gasteiger partial charge on any atom is -0.368 e. The molecule has 0 radical (unpaired) electrons. The number of amides is 3. The van der Waals surface area contributed by atoms with E-state index in [1.807, 2.05) is 0 Å². The third-order valence-corrected chi connectivity index (χ3v) is 4.38.